The lowest BCUT2D eigenvalue weighted by Gasteiger charge is -2.58. The van der Waals surface area contributed by atoms with E-state index in [-0.39, 0.29) is 41.1 Å². The van der Waals surface area contributed by atoms with Crippen molar-refractivity contribution in [3.05, 3.63) is 29.0 Å². The summed E-state index contributed by atoms with van der Waals surface area (Å²) in [7, 11) is -4.22. The van der Waals surface area contributed by atoms with Crippen LogP contribution in [0.4, 0.5) is 4.39 Å². The molecule has 2 unspecified atom stereocenters. The first-order chi connectivity index (χ1) is 14.8. The lowest BCUT2D eigenvalue weighted by atomic mass is 9.47. The van der Waals surface area contributed by atoms with E-state index in [1.165, 1.54) is 6.07 Å². The van der Waals surface area contributed by atoms with Gasteiger partial charge in [0.25, 0.3) is 0 Å². The molecule has 0 spiro atoms. The van der Waals surface area contributed by atoms with Crippen molar-refractivity contribution in [2.75, 3.05) is 0 Å². The van der Waals surface area contributed by atoms with Gasteiger partial charge in [0.15, 0.2) is 0 Å². The van der Waals surface area contributed by atoms with Crippen molar-refractivity contribution in [2.24, 2.45) is 28.9 Å². The summed E-state index contributed by atoms with van der Waals surface area (Å²) >= 11 is 5.82. The first-order valence-electron chi connectivity index (χ1n) is 10.9. The molecule has 0 aromatic heterocycles. The van der Waals surface area contributed by atoms with Gasteiger partial charge in [0.1, 0.15) is 10.7 Å². The zero-order valence-electron chi connectivity index (χ0n) is 18.2. The smallest absolute Gasteiger partial charge is 0.244 e. The van der Waals surface area contributed by atoms with Crippen LogP contribution in [0.15, 0.2) is 23.1 Å². The molecule has 4 N–H and O–H groups in total. The van der Waals surface area contributed by atoms with Crippen molar-refractivity contribution < 1.29 is 22.4 Å². The van der Waals surface area contributed by atoms with Gasteiger partial charge in [0.05, 0.1) is 0 Å². The molecule has 1 aromatic rings. The van der Waals surface area contributed by atoms with Crippen LogP contribution < -0.4 is 15.8 Å². The zero-order chi connectivity index (χ0) is 23.5. The van der Waals surface area contributed by atoms with Gasteiger partial charge in [-0.05, 0) is 81.9 Å². The molecule has 0 saturated heterocycles. The largest absolute Gasteiger partial charge is 0.369 e. The molecule has 0 heterocycles. The van der Waals surface area contributed by atoms with E-state index in [4.69, 9.17) is 17.3 Å². The number of benzene rings is 1. The molecule has 10 heteroatoms. The number of hydrogen-bond acceptors (Lipinski definition) is 4. The summed E-state index contributed by atoms with van der Waals surface area (Å²) in [6.45, 7) is 3.15. The van der Waals surface area contributed by atoms with Crippen molar-refractivity contribution in [3.63, 3.8) is 0 Å². The maximum absolute atomic E-state index is 14.1. The quantitative estimate of drug-likeness (QED) is 0.550. The Morgan fingerprint density at radius 1 is 1.22 bits per heavy atom. The number of nitrogens with one attached hydrogen (secondary N) is 2. The molecule has 0 radical (unpaired) electrons. The van der Waals surface area contributed by atoms with Crippen LogP contribution in [0.5, 0.6) is 0 Å². The van der Waals surface area contributed by atoms with Crippen LogP contribution in [-0.2, 0) is 19.6 Å². The minimum Gasteiger partial charge on any atom is -0.369 e. The molecule has 4 bridgehead atoms. The molecule has 1 aromatic carbocycles. The number of hydrogen-bond donors (Lipinski definition) is 3. The molecule has 4 fully saturated rings. The van der Waals surface area contributed by atoms with Crippen molar-refractivity contribution >= 4 is 33.4 Å². The summed E-state index contributed by atoms with van der Waals surface area (Å²) in [6, 6.07) is 3.26. The Kier molecular flexibility index (Phi) is 5.83. The Balaban J connectivity index is 1.42. The second-order valence-corrected chi connectivity index (χ2v) is 12.5. The van der Waals surface area contributed by atoms with Gasteiger partial charge in [-0.25, -0.2) is 17.5 Å². The summed E-state index contributed by atoms with van der Waals surface area (Å²) < 4.78 is 41.9. The number of sulfonamides is 1. The second-order valence-electron chi connectivity index (χ2n) is 10.4. The van der Waals surface area contributed by atoms with Crippen LogP contribution in [0.3, 0.4) is 0 Å². The van der Waals surface area contributed by atoms with E-state index >= 15 is 0 Å². The van der Waals surface area contributed by atoms with Gasteiger partial charge in [-0.2, -0.15) is 0 Å². The molecule has 4 aliphatic rings. The van der Waals surface area contributed by atoms with Gasteiger partial charge < -0.3 is 11.1 Å². The van der Waals surface area contributed by atoms with Crippen LogP contribution in [0, 0.1) is 29.0 Å². The van der Waals surface area contributed by atoms with E-state index in [1.807, 2.05) is 0 Å². The molecule has 2 atom stereocenters. The Morgan fingerprint density at radius 3 is 2.44 bits per heavy atom. The third-order valence-electron chi connectivity index (χ3n) is 7.32. The molecular formula is C22H29ClFN3O4S. The van der Waals surface area contributed by atoms with Crippen LogP contribution >= 0.6 is 11.6 Å². The fourth-order valence-corrected chi connectivity index (χ4v) is 8.09. The first kappa shape index (κ1) is 23.4. The summed E-state index contributed by atoms with van der Waals surface area (Å²) in [5.74, 6) is -0.542. The van der Waals surface area contributed by atoms with Crippen LogP contribution in [-0.4, -0.2) is 31.8 Å². The van der Waals surface area contributed by atoms with Crippen LogP contribution in [0.2, 0.25) is 5.02 Å². The highest BCUT2D eigenvalue weighted by Crippen LogP contribution is 2.59. The molecule has 4 aliphatic carbocycles. The Bertz CT molecular complexity index is 1050. The fourth-order valence-electron chi connectivity index (χ4n) is 6.34. The molecular weight excluding hydrogens is 457 g/mol. The summed E-state index contributed by atoms with van der Waals surface area (Å²) in [5, 5.41) is 3.19. The molecule has 4 saturated carbocycles. The number of carbonyl (C=O) groups excluding carboxylic acids is 2. The van der Waals surface area contributed by atoms with E-state index in [9.17, 15) is 22.4 Å². The van der Waals surface area contributed by atoms with Gasteiger partial charge in [-0.15, -0.1) is 0 Å². The van der Waals surface area contributed by atoms with Gasteiger partial charge in [-0.1, -0.05) is 11.6 Å². The topological polar surface area (TPSA) is 118 Å². The SMILES string of the molecule is CC(C)(CC(=O)NC1C2CC3CC1CC(C(N)=O)(C3)C2)NS(=O)(=O)c1cc(Cl)ccc1F. The highest BCUT2D eigenvalue weighted by Gasteiger charge is 2.58. The summed E-state index contributed by atoms with van der Waals surface area (Å²) in [4.78, 5) is 24.4. The van der Waals surface area contributed by atoms with E-state index in [0.29, 0.717) is 18.8 Å². The number of carbonyl (C=O) groups is 2. The van der Waals surface area contributed by atoms with Crippen molar-refractivity contribution in [1.82, 2.24) is 10.0 Å². The molecule has 2 amide bonds. The lowest BCUT2D eigenvalue weighted by Crippen LogP contribution is -2.62. The number of rotatable bonds is 7. The summed E-state index contributed by atoms with van der Waals surface area (Å²) in [5.41, 5.74) is 4.13. The van der Waals surface area contributed by atoms with E-state index in [2.05, 4.69) is 10.0 Å². The first-order valence-corrected chi connectivity index (χ1v) is 12.7. The molecule has 32 heavy (non-hydrogen) atoms. The van der Waals surface area contributed by atoms with Gasteiger partial charge in [-0.3, -0.25) is 9.59 Å². The Labute approximate surface area is 192 Å². The van der Waals surface area contributed by atoms with Crippen molar-refractivity contribution in [2.45, 2.75) is 68.8 Å². The minimum absolute atomic E-state index is 0.0377. The average molecular weight is 486 g/mol. The highest BCUT2D eigenvalue weighted by molar-refractivity contribution is 7.89. The molecule has 176 valence electrons. The zero-order valence-corrected chi connectivity index (χ0v) is 19.7. The maximum atomic E-state index is 14.1. The minimum atomic E-state index is -4.22. The van der Waals surface area contributed by atoms with Crippen molar-refractivity contribution in [1.29, 1.82) is 0 Å². The standard InChI is InChI=1S/C22H29ClFN3O4S/c1-21(2,27-32(30,31)17-7-15(23)3-4-16(17)24)11-18(28)26-19-13-5-12-6-14(19)10-22(8-12,9-13)20(25)29/h3-4,7,12-14,19,27H,5-6,8-11H2,1-2H3,(H2,25,29)(H,26,28). The Morgan fingerprint density at radius 2 is 1.84 bits per heavy atom. The monoisotopic (exact) mass is 485 g/mol. The predicted molar refractivity (Wildman–Crippen MR) is 118 cm³/mol. The maximum Gasteiger partial charge on any atom is 0.244 e. The Hall–Kier alpha value is -1.71. The molecule has 0 aliphatic heterocycles. The van der Waals surface area contributed by atoms with Gasteiger partial charge in [0, 0.05) is 28.4 Å². The fraction of sp³-hybridized carbons (Fsp3) is 0.636. The van der Waals surface area contributed by atoms with Crippen LogP contribution in [0.25, 0.3) is 0 Å². The van der Waals surface area contributed by atoms with Crippen molar-refractivity contribution in [3.8, 4) is 0 Å². The predicted octanol–water partition coefficient (Wildman–Crippen LogP) is 2.72. The van der Waals surface area contributed by atoms with E-state index in [0.717, 1.165) is 31.4 Å². The highest BCUT2D eigenvalue weighted by atomic mass is 35.5. The van der Waals surface area contributed by atoms with Crippen LogP contribution in [0.1, 0.15) is 52.4 Å². The van der Waals surface area contributed by atoms with Gasteiger partial charge >= 0.3 is 0 Å². The van der Waals surface area contributed by atoms with E-state index < -0.39 is 31.7 Å². The third kappa shape index (κ3) is 4.39. The number of primary amides is 1. The number of halogens is 2. The molecule has 7 nitrogen and oxygen atoms in total. The summed E-state index contributed by atoms with van der Waals surface area (Å²) in [6.07, 6.45) is 4.08. The normalized spacial score (nSPS) is 31.5. The van der Waals surface area contributed by atoms with Gasteiger partial charge in [0.2, 0.25) is 21.8 Å². The molecule has 5 rings (SSSR count). The lowest BCUT2D eigenvalue weighted by molar-refractivity contribution is -0.147. The number of nitrogens with two attached hydrogens (primary N) is 1. The van der Waals surface area contributed by atoms with E-state index in [1.54, 1.807) is 13.8 Å². The second kappa shape index (κ2) is 7.95. The average Bonchev–Trinajstić information content (AvgIpc) is 2.64. The number of amides is 2. The third-order valence-corrected chi connectivity index (χ3v) is 9.27.